The van der Waals surface area contributed by atoms with Gasteiger partial charge in [-0.15, -0.1) is 0 Å². The number of rotatable bonds is 6. The predicted octanol–water partition coefficient (Wildman–Crippen LogP) is 3.10. The van der Waals surface area contributed by atoms with Gasteiger partial charge < -0.3 is 15.0 Å². The lowest BCUT2D eigenvalue weighted by molar-refractivity contribution is -0.148. The number of hydrogen-bond donors (Lipinski definition) is 1. The van der Waals surface area contributed by atoms with E-state index in [0.29, 0.717) is 16.8 Å². The number of carbonyl (C=O) groups is 2. The number of nitriles is 2. The van der Waals surface area contributed by atoms with Gasteiger partial charge in [-0.3, -0.25) is 4.79 Å². The highest BCUT2D eigenvalue weighted by Gasteiger charge is 2.20. The fraction of sp³-hybridized carbons (Fsp3) is 0.182. The Labute approximate surface area is 169 Å². The number of hydrogen-bond acceptors (Lipinski definition) is 6. The van der Waals surface area contributed by atoms with Crippen LogP contribution in [0.4, 0.5) is 11.4 Å². The molecule has 1 amide bonds. The number of benzene rings is 2. The molecule has 0 aliphatic rings. The average molecular weight is 388 g/mol. The maximum Gasteiger partial charge on any atom is 0.349 e. The highest BCUT2D eigenvalue weighted by atomic mass is 16.5. The van der Waals surface area contributed by atoms with Crippen LogP contribution >= 0.6 is 0 Å². The normalized spacial score (nSPS) is 11.6. The minimum absolute atomic E-state index is 0.214. The van der Waals surface area contributed by atoms with Gasteiger partial charge in [0.05, 0.1) is 11.6 Å². The molecule has 0 saturated carbocycles. The molecule has 29 heavy (non-hydrogen) atoms. The molecule has 0 aliphatic carbocycles. The van der Waals surface area contributed by atoms with Crippen LogP contribution < -0.4 is 10.2 Å². The van der Waals surface area contributed by atoms with Crippen molar-refractivity contribution in [3.63, 3.8) is 0 Å². The fourth-order valence-electron chi connectivity index (χ4n) is 2.36. The zero-order valence-electron chi connectivity index (χ0n) is 16.3. The van der Waals surface area contributed by atoms with E-state index in [0.717, 1.165) is 5.69 Å². The second-order valence-corrected chi connectivity index (χ2v) is 6.39. The molecule has 146 valence electrons. The third kappa shape index (κ3) is 5.95. The number of anilines is 2. The molecule has 0 heterocycles. The number of carbonyl (C=O) groups excluding carboxylic acids is 2. The molecule has 0 fully saturated rings. The molecule has 0 aromatic heterocycles. The summed E-state index contributed by atoms with van der Waals surface area (Å²) in [5, 5.41) is 20.8. The highest BCUT2D eigenvalue weighted by molar-refractivity contribution is 6.01. The van der Waals surface area contributed by atoms with Crippen LogP contribution in [0, 0.1) is 22.7 Å². The van der Waals surface area contributed by atoms with Crippen molar-refractivity contribution in [3.05, 3.63) is 65.2 Å². The molecule has 0 radical (unpaired) electrons. The second-order valence-electron chi connectivity index (χ2n) is 6.39. The van der Waals surface area contributed by atoms with Gasteiger partial charge in [0.2, 0.25) is 0 Å². The van der Waals surface area contributed by atoms with Crippen LogP contribution in [0.5, 0.6) is 0 Å². The first-order chi connectivity index (χ1) is 13.8. The number of nitrogens with one attached hydrogen (secondary N) is 1. The lowest BCUT2D eigenvalue weighted by atomic mass is 10.1. The number of esters is 1. The van der Waals surface area contributed by atoms with E-state index >= 15 is 0 Å². The topological polar surface area (TPSA) is 106 Å². The van der Waals surface area contributed by atoms with Gasteiger partial charge in [-0.05, 0) is 48.9 Å². The van der Waals surface area contributed by atoms with Crippen LogP contribution in [0.25, 0.3) is 6.08 Å². The van der Waals surface area contributed by atoms with Crippen LogP contribution in [0.15, 0.2) is 54.1 Å². The highest BCUT2D eigenvalue weighted by Crippen LogP contribution is 2.16. The van der Waals surface area contributed by atoms with Crippen molar-refractivity contribution < 1.29 is 14.3 Å². The molecule has 2 aromatic rings. The molecule has 0 saturated heterocycles. The number of amides is 1. The Balaban J connectivity index is 2.05. The monoisotopic (exact) mass is 388 g/mol. The van der Waals surface area contributed by atoms with Crippen molar-refractivity contribution in [1.82, 2.24) is 0 Å². The molecule has 0 aliphatic heterocycles. The zero-order chi connectivity index (χ0) is 21.4. The van der Waals surface area contributed by atoms with Crippen LogP contribution in [-0.2, 0) is 14.3 Å². The summed E-state index contributed by atoms with van der Waals surface area (Å²) >= 11 is 0. The summed E-state index contributed by atoms with van der Waals surface area (Å²) in [4.78, 5) is 26.4. The average Bonchev–Trinajstić information content (AvgIpc) is 2.72. The molecule has 2 rings (SSSR count). The van der Waals surface area contributed by atoms with E-state index in [1.807, 2.05) is 37.2 Å². The largest absolute Gasteiger partial charge is 0.448 e. The summed E-state index contributed by atoms with van der Waals surface area (Å²) in [6.07, 6.45) is 0.282. The van der Waals surface area contributed by atoms with Crippen molar-refractivity contribution in [3.8, 4) is 12.1 Å². The lowest BCUT2D eigenvalue weighted by Crippen LogP contribution is -2.30. The number of nitrogens with zero attached hydrogens (tertiary/aromatic N) is 3. The van der Waals surface area contributed by atoms with Crippen LogP contribution in [-0.4, -0.2) is 32.1 Å². The molecule has 1 N–H and O–H groups in total. The van der Waals surface area contributed by atoms with Gasteiger partial charge in [-0.1, -0.05) is 18.2 Å². The molecular weight excluding hydrogens is 368 g/mol. The quantitative estimate of drug-likeness (QED) is 0.463. The van der Waals surface area contributed by atoms with Gasteiger partial charge in [0.15, 0.2) is 6.10 Å². The van der Waals surface area contributed by atoms with Gasteiger partial charge in [0.1, 0.15) is 11.6 Å². The maximum absolute atomic E-state index is 12.3. The van der Waals surface area contributed by atoms with Crippen LogP contribution in [0.3, 0.4) is 0 Å². The van der Waals surface area contributed by atoms with E-state index in [9.17, 15) is 14.9 Å². The Morgan fingerprint density at radius 1 is 1.14 bits per heavy atom. The Hall–Kier alpha value is -4.10. The molecule has 7 nitrogen and oxygen atoms in total. The molecule has 2 aromatic carbocycles. The van der Waals surface area contributed by atoms with E-state index in [1.165, 1.54) is 19.1 Å². The molecule has 0 bridgehead atoms. The Morgan fingerprint density at radius 2 is 1.83 bits per heavy atom. The smallest absolute Gasteiger partial charge is 0.349 e. The first-order valence-electron chi connectivity index (χ1n) is 8.75. The van der Waals surface area contributed by atoms with Crippen LogP contribution in [0.2, 0.25) is 0 Å². The Kier molecular flexibility index (Phi) is 7.11. The van der Waals surface area contributed by atoms with E-state index in [1.54, 1.807) is 36.4 Å². The molecule has 1 atom stereocenters. The number of ether oxygens (including phenoxy) is 1. The van der Waals surface area contributed by atoms with Crippen LogP contribution in [0.1, 0.15) is 18.1 Å². The summed E-state index contributed by atoms with van der Waals surface area (Å²) in [5.74, 6) is -1.46. The fourth-order valence-corrected chi connectivity index (χ4v) is 2.36. The van der Waals surface area contributed by atoms with Crippen molar-refractivity contribution >= 4 is 29.3 Å². The molecular formula is C22H20N4O3. The Bertz CT molecular complexity index is 1010. The Morgan fingerprint density at radius 3 is 2.41 bits per heavy atom. The van der Waals surface area contributed by atoms with Gasteiger partial charge in [0.25, 0.3) is 5.91 Å². The predicted molar refractivity (Wildman–Crippen MR) is 110 cm³/mol. The third-order valence-electron chi connectivity index (χ3n) is 3.97. The second kappa shape index (κ2) is 9.72. The van der Waals surface area contributed by atoms with E-state index in [2.05, 4.69) is 5.32 Å². The minimum atomic E-state index is -1.12. The van der Waals surface area contributed by atoms with Crippen molar-refractivity contribution in [2.45, 2.75) is 13.0 Å². The SMILES string of the molecule is C[C@@H](OC(=O)/C(C#N)=C/c1ccc(N(C)C)cc1)C(=O)Nc1cccc(C#N)c1. The maximum atomic E-state index is 12.3. The molecule has 0 unspecified atom stereocenters. The van der Waals surface area contributed by atoms with Crippen molar-refractivity contribution in [2.75, 3.05) is 24.3 Å². The first-order valence-corrected chi connectivity index (χ1v) is 8.75. The van der Waals surface area contributed by atoms with Gasteiger partial charge in [-0.25, -0.2) is 4.79 Å². The zero-order valence-corrected chi connectivity index (χ0v) is 16.3. The standard InChI is InChI=1S/C22H20N4O3/c1-15(21(27)25-19-6-4-5-17(12-19)13-23)29-22(28)18(14-24)11-16-7-9-20(10-8-16)26(2)3/h4-12,15H,1-3H3,(H,25,27)/b18-11+/t15-/m1/s1. The van der Waals surface area contributed by atoms with Gasteiger partial charge in [-0.2, -0.15) is 10.5 Å². The lowest BCUT2D eigenvalue weighted by Gasteiger charge is -2.13. The van der Waals surface area contributed by atoms with Crippen molar-refractivity contribution in [2.24, 2.45) is 0 Å². The van der Waals surface area contributed by atoms with Crippen molar-refractivity contribution in [1.29, 1.82) is 10.5 Å². The summed E-state index contributed by atoms with van der Waals surface area (Å²) in [7, 11) is 3.82. The first kappa shape index (κ1) is 21.2. The minimum Gasteiger partial charge on any atom is -0.448 e. The van der Waals surface area contributed by atoms with E-state index in [4.69, 9.17) is 10.00 Å². The summed E-state index contributed by atoms with van der Waals surface area (Å²) in [6.45, 7) is 1.41. The van der Waals surface area contributed by atoms with Gasteiger partial charge in [0, 0.05) is 25.5 Å². The summed E-state index contributed by atoms with van der Waals surface area (Å²) < 4.78 is 5.11. The van der Waals surface area contributed by atoms with Gasteiger partial charge >= 0.3 is 5.97 Å². The molecule has 0 spiro atoms. The third-order valence-corrected chi connectivity index (χ3v) is 3.97. The molecule has 7 heteroatoms. The van der Waals surface area contributed by atoms with E-state index in [-0.39, 0.29) is 5.57 Å². The van der Waals surface area contributed by atoms with E-state index < -0.39 is 18.0 Å². The summed E-state index contributed by atoms with van der Waals surface area (Å²) in [5.41, 5.74) is 2.23. The summed E-state index contributed by atoms with van der Waals surface area (Å²) in [6, 6.07) is 17.4.